The molecular formula is C27H20F2N6O4. The number of carboxylic acid groups (broad SMARTS) is 1. The summed E-state index contributed by atoms with van der Waals surface area (Å²) in [4.78, 5) is 22.1. The largest absolute Gasteiger partial charge is 0.508 e. The van der Waals surface area contributed by atoms with Gasteiger partial charge in [-0.05, 0) is 41.8 Å². The van der Waals surface area contributed by atoms with Crippen LogP contribution in [0.15, 0.2) is 71.6 Å². The van der Waals surface area contributed by atoms with Crippen LogP contribution >= 0.6 is 0 Å². The smallest absolute Gasteiger partial charge is 0.331 e. The van der Waals surface area contributed by atoms with Crippen LogP contribution < -0.4 is 4.90 Å². The number of nitrogens with zero attached hydrogens (tertiary/aromatic N) is 6. The molecule has 3 aromatic heterocycles. The Morgan fingerprint density at radius 2 is 1.92 bits per heavy atom. The van der Waals surface area contributed by atoms with E-state index in [0.29, 0.717) is 34.5 Å². The fourth-order valence-corrected chi connectivity index (χ4v) is 4.78. The predicted octanol–water partition coefficient (Wildman–Crippen LogP) is 4.22. The molecule has 0 fully saturated rings. The van der Waals surface area contributed by atoms with Crippen molar-refractivity contribution in [2.75, 3.05) is 11.4 Å². The lowest BCUT2D eigenvalue weighted by Gasteiger charge is -2.35. The summed E-state index contributed by atoms with van der Waals surface area (Å²) in [6.07, 6.45) is 2.73. The van der Waals surface area contributed by atoms with E-state index in [4.69, 9.17) is 4.52 Å². The minimum Gasteiger partial charge on any atom is -0.508 e. The highest BCUT2D eigenvalue weighted by Gasteiger charge is 2.36. The van der Waals surface area contributed by atoms with Crippen LogP contribution in [0.3, 0.4) is 0 Å². The number of aromatic nitrogens is 5. The maximum atomic E-state index is 15.1. The fraction of sp³-hybridized carbons (Fsp3) is 0.148. The molecule has 12 heteroatoms. The molecule has 39 heavy (non-hydrogen) atoms. The van der Waals surface area contributed by atoms with Crippen molar-refractivity contribution in [3.63, 3.8) is 0 Å². The van der Waals surface area contributed by atoms with E-state index in [9.17, 15) is 19.4 Å². The second kappa shape index (κ2) is 9.63. The number of phenols is 1. The zero-order valence-electron chi connectivity index (χ0n) is 20.2. The molecule has 0 amide bonds. The number of carbonyl (C=O) groups is 1. The number of phenolic OH excluding ortho intramolecular Hbond substituents is 1. The molecule has 0 spiro atoms. The van der Waals surface area contributed by atoms with Crippen molar-refractivity contribution < 1.29 is 28.3 Å². The van der Waals surface area contributed by atoms with Crippen LogP contribution in [0.5, 0.6) is 5.75 Å². The lowest BCUT2D eigenvalue weighted by atomic mass is 9.92. The molecule has 0 saturated heterocycles. The molecule has 1 aliphatic rings. The van der Waals surface area contributed by atoms with Gasteiger partial charge in [0.05, 0.1) is 18.4 Å². The molecule has 10 nitrogen and oxygen atoms in total. The van der Waals surface area contributed by atoms with Gasteiger partial charge in [-0.25, -0.2) is 23.5 Å². The van der Waals surface area contributed by atoms with Crippen LogP contribution in [0.25, 0.3) is 22.9 Å². The molecule has 2 aromatic carbocycles. The number of hydrogen-bond donors (Lipinski definition) is 2. The standard InChI is InChI=1S/C27H20F2N6O4/c28-19-4-2-1-3-16(19)14-35-23(21-8-10-39-33-21)12-22(32-35)25-30-13-20(29)26(31-25)34-9-7-15-11-17(36)5-6-18(15)24(34)27(37)38/h1-6,8,10-13,24,36H,7,9,14H2,(H,37,38). The van der Waals surface area contributed by atoms with E-state index in [1.54, 1.807) is 30.3 Å². The van der Waals surface area contributed by atoms with Crippen molar-refractivity contribution in [3.8, 4) is 28.7 Å². The van der Waals surface area contributed by atoms with Gasteiger partial charge in [-0.2, -0.15) is 5.10 Å². The zero-order valence-corrected chi connectivity index (χ0v) is 20.2. The number of aliphatic carboxylic acids is 1. The number of hydrogen-bond acceptors (Lipinski definition) is 8. The maximum Gasteiger partial charge on any atom is 0.331 e. The Balaban J connectivity index is 1.42. The van der Waals surface area contributed by atoms with Gasteiger partial charge in [-0.3, -0.25) is 4.68 Å². The van der Waals surface area contributed by atoms with Gasteiger partial charge in [0.1, 0.15) is 29.2 Å². The molecule has 6 rings (SSSR count). The third kappa shape index (κ3) is 4.45. The van der Waals surface area contributed by atoms with Gasteiger partial charge in [0.15, 0.2) is 23.5 Å². The number of rotatable bonds is 6. The molecular weight excluding hydrogens is 510 g/mol. The minimum atomic E-state index is -1.23. The first-order valence-electron chi connectivity index (χ1n) is 11.9. The normalized spacial score (nSPS) is 14.8. The molecule has 1 aliphatic heterocycles. The first-order valence-corrected chi connectivity index (χ1v) is 11.9. The average Bonchev–Trinajstić information content (AvgIpc) is 3.60. The first-order chi connectivity index (χ1) is 18.9. The average molecular weight is 530 g/mol. The summed E-state index contributed by atoms with van der Waals surface area (Å²) in [5, 5.41) is 28.4. The summed E-state index contributed by atoms with van der Waals surface area (Å²) >= 11 is 0. The van der Waals surface area contributed by atoms with Crippen molar-refractivity contribution in [2.24, 2.45) is 0 Å². The third-order valence-electron chi connectivity index (χ3n) is 6.57. The Kier molecular flexibility index (Phi) is 5.98. The van der Waals surface area contributed by atoms with E-state index >= 15 is 4.39 Å². The van der Waals surface area contributed by atoms with Gasteiger partial charge in [-0.1, -0.05) is 29.4 Å². The monoisotopic (exact) mass is 530 g/mol. The highest BCUT2D eigenvalue weighted by Crippen LogP contribution is 2.36. The Morgan fingerprint density at radius 3 is 2.69 bits per heavy atom. The summed E-state index contributed by atoms with van der Waals surface area (Å²) < 4.78 is 36.0. The Bertz CT molecular complexity index is 1690. The van der Waals surface area contributed by atoms with Crippen molar-refractivity contribution in [1.29, 1.82) is 0 Å². The van der Waals surface area contributed by atoms with Gasteiger partial charge in [0.2, 0.25) is 0 Å². The topological polar surface area (TPSA) is 130 Å². The molecule has 0 bridgehead atoms. The molecule has 0 radical (unpaired) electrons. The number of fused-ring (bicyclic) bond motifs is 1. The molecule has 4 heterocycles. The molecule has 196 valence electrons. The second-order valence-electron chi connectivity index (χ2n) is 8.98. The Hall–Kier alpha value is -5.13. The van der Waals surface area contributed by atoms with E-state index in [-0.39, 0.29) is 36.2 Å². The summed E-state index contributed by atoms with van der Waals surface area (Å²) in [6.45, 7) is 0.215. The second-order valence-corrected chi connectivity index (χ2v) is 8.98. The zero-order chi connectivity index (χ0) is 27.1. The summed E-state index contributed by atoms with van der Waals surface area (Å²) in [7, 11) is 0. The number of benzene rings is 2. The van der Waals surface area contributed by atoms with Gasteiger partial charge in [-0.15, -0.1) is 0 Å². The third-order valence-corrected chi connectivity index (χ3v) is 6.57. The number of aromatic hydroxyl groups is 1. The quantitative estimate of drug-likeness (QED) is 0.331. The van der Waals surface area contributed by atoms with Crippen LogP contribution in [0, 0.1) is 11.6 Å². The maximum absolute atomic E-state index is 15.1. The lowest BCUT2D eigenvalue weighted by molar-refractivity contribution is -0.138. The molecule has 1 unspecified atom stereocenters. The highest BCUT2D eigenvalue weighted by atomic mass is 19.1. The van der Waals surface area contributed by atoms with Crippen LogP contribution in [-0.4, -0.2) is 47.6 Å². The number of halogens is 2. The number of anilines is 1. The molecule has 0 aliphatic carbocycles. The highest BCUT2D eigenvalue weighted by molar-refractivity contribution is 5.81. The molecule has 2 N–H and O–H groups in total. The Morgan fingerprint density at radius 1 is 1.08 bits per heavy atom. The van der Waals surface area contributed by atoms with E-state index in [2.05, 4.69) is 20.2 Å². The van der Waals surface area contributed by atoms with Gasteiger partial charge in [0.25, 0.3) is 0 Å². The van der Waals surface area contributed by atoms with Crippen LogP contribution in [0.2, 0.25) is 0 Å². The minimum absolute atomic E-state index is 0.0238. The summed E-state index contributed by atoms with van der Waals surface area (Å²) in [6, 6.07) is 12.7. The van der Waals surface area contributed by atoms with Crippen molar-refractivity contribution in [2.45, 2.75) is 19.0 Å². The summed E-state index contributed by atoms with van der Waals surface area (Å²) in [5.74, 6) is -2.52. The van der Waals surface area contributed by atoms with Gasteiger partial charge < -0.3 is 19.6 Å². The van der Waals surface area contributed by atoms with E-state index in [1.807, 2.05) is 0 Å². The SMILES string of the molecule is O=C(O)C1c2ccc(O)cc2CCN1c1nc(-c2cc(-c3ccon3)n(Cc3ccccc3F)n2)ncc1F. The van der Waals surface area contributed by atoms with Crippen LogP contribution in [0.4, 0.5) is 14.6 Å². The van der Waals surface area contributed by atoms with Crippen molar-refractivity contribution >= 4 is 11.8 Å². The van der Waals surface area contributed by atoms with Crippen LogP contribution in [0.1, 0.15) is 22.7 Å². The molecule has 5 aromatic rings. The predicted molar refractivity (Wildman–Crippen MR) is 134 cm³/mol. The van der Waals surface area contributed by atoms with E-state index < -0.39 is 23.6 Å². The van der Waals surface area contributed by atoms with E-state index in [1.165, 1.54) is 40.1 Å². The molecule has 1 atom stereocenters. The lowest BCUT2D eigenvalue weighted by Crippen LogP contribution is -2.41. The fourth-order valence-electron chi connectivity index (χ4n) is 4.78. The van der Waals surface area contributed by atoms with E-state index in [0.717, 1.165) is 6.20 Å². The van der Waals surface area contributed by atoms with Gasteiger partial charge in [0, 0.05) is 18.2 Å². The van der Waals surface area contributed by atoms with Gasteiger partial charge >= 0.3 is 5.97 Å². The first kappa shape index (κ1) is 24.2. The van der Waals surface area contributed by atoms with Crippen LogP contribution in [-0.2, 0) is 17.8 Å². The Labute approximate surface area is 219 Å². The van der Waals surface area contributed by atoms with Crippen molar-refractivity contribution in [1.82, 2.24) is 24.9 Å². The number of carboxylic acids is 1. The van der Waals surface area contributed by atoms with Crippen molar-refractivity contribution in [3.05, 3.63) is 95.4 Å². The summed E-state index contributed by atoms with van der Waals surface area (Å²) in [5.41, 5.74) is 2.67. The molecule has 0 saturated carbocycles.